The summed E-state index contributed by atoms with van der Waals surface area (Å²) in [5.74, 6) is 0. The molecule has 2 unspecified atom stereocenters. The highest BCUT2D eigenvalue weighted by molar-refractivity contribution is 5.32. The third-order valence-electron chi connectivity index (χ3n) is 3.08. The fourth-order valence-electron chi connectivity index (χ4n) is 2.31. The molecule has 0 spiro atoms. The predicted molar refractivity (Wildman–Crippen MR) is 57.4 cm³/mol. The standard InChI is InChI=1S/C12H17NO/c1-13-11-8-7-9-5-3-4-6-10(9)12(11)14-2/h3-6,11-13H,7-8H2,1-2H3. The molecular weight excluding hydrogens is 174 g/mol. The number of likely N-dealkylation sites (N-methyl/N-ethyl adjacent to an activating group) is 1. The van der Waals surface area contributed by atoms with Crippen LogP contribution >= 0.6 is 0 Å². The summed E-state index contributed by atoms with van der Waals surface area (Å²) in [6.45, 7) is 0. The molecule has 76 valence electrons. The lowest BCUT2D eigenvalue weighted by Gasteiger charge is -2.32. The van der Waals surface area contributed by atoms with Crippen LogP contribution in [-0.2, 0) is 11.2 Å². The molecule has 0 amide bonds. The van der Waals surface area contributed by atoms with Gasteiger partial charge >= 0.3 is 0 Å². The van der Waals surface area contributed by atoms with Crippen molar-refractivity contribution in [1.82, 2.24) is 5.32 Å². The van der Waals surface area contributed by atoms with Gasteiger partial charge in [-0.05, 0) is 31.0 Å². The molecule has 2 nitrogen and oxygen atoms in total. The maximum absolute atomic E-state index is 5.56. The second-order valence-corrected chi connectivity index (χ2v) is 3.79. The maximum atomic E-state index is 5.56. The Balaban J connectivity index is 2.34. The van der Waals surface area contributed by atoms with Crippen molar-refractivity contribution in [3.05, 3.63) is 35.4 Å². The molecule has 1 aliphatic rings. The fraction of sp³-hybridized carbons (Fsp3) is 0.500. The number of rotatable bonds is 2. The maximum Gasteiger partial charge on any atom is 0.0976 e. The molecule has 0 aromatic heterocycles. The largest absolute Gasteiger partial charge is 0.375 e. The second-order valence-electron chi connectivity index (χ2n) is 3.79. The van der Waals surface area contributed by atoms with Gasteiger partial charge in [0.2, 0.25) is 0 Å². The Bertz CT molecular complexity index is 311. The first-order chi connectivity index (χ1) is 6.86. The number of fused-ring (bicyclic) bond motifs is 1. The Kier molecular flexibility index (Phi) is 2.85. The van der Waals surface area contributed by atoms with E-state index in [1.807, 2.05) is 7.05 Å². The van der Waals surface area contributed by atoms with Gasteiger partial charge in [0, 0.05) is 13.2 Å². The zero-order valence-corrected chi connectivity index (χ0v) is 8.79. The van der Waals surface area contributed by atoms with Crippen molar-refractivity contribution >= 4 is 0 Å². The molecule has 1 aliphatic carbocycles. The lowest BCUT2D eigenvalue weighted by molar-refractivity contribution is 0.0612. The zero-order valence-electron chi connectivity index (χ0n) is 8.79. The van der Waals surface area contributed by atoms with E-state index in [4.69, 9.17) is 4.74 Å². The molecule has 2 atom stereocenters. The van der Waals surface area contributed by atoms with E-state index in [0.717, 1.165) is 12.8 Å². The van der Waals surface area contributed by atoms with Crippen LogP contribution in [0.15, 0.2) is 24.3 Å². The van der Waals surface area contributed by atoms with Crippen LogP contribution in [0.3, 0.4) is 0 Å². The predicted octanol–water partition coefficient (Wildman–Crippen LogP) is 1.91. The van der Waals surface area contributed by atoms with Gasteiger partial charge in [-0.3, -0.25) is 0 Å². The van der Waals surface area contributed by atoms with Crippen LogP contribution in [0.1, 0.15) is 23.7 Å². The molecule has 0 heterocycles. The van der Waals surface area contributed by atoms with E-state index in [-0.39, 0.29) is 6.10 Å². The lowest BCUT2D eigenvalue weighted by atomic mass is 9.86. The minimum Gasteiger partial charge on any atom is -0.375 e. The molecule has 0 fully saturated rings. The first-order valence-electron chi connectivity index (χ1n) is 5.14. The fourth-order valence-corrected chi connectivity index (χ4v) is 2.31. The van der Waals surface area contributed by atoms with Crippen molar-refractivity contribution < 1.29 is 4.74 Å². The van der Waals surface area contributed by atoms with Gasteiger partial charge in [0.25, 0.3) is 0 Å². The smallest absolute Gasteiger partial charge is 0.0976 e. The number of nitrogens with one attached hydrogen (secondary N) is 1. The summed E-state index contributed by atoms with van der Waals surface area (Å²) in [7, 11) is 3.79. The zero-order chi connectivity index (χ0) is 9.97. The number of methoxy groups -OCH3 is 1. The van der Waals surface area contributed by atoms with Crippen LogP contribution < -0.4 is 5.32 Å². The van der Waals surface area contributed by atoms with E-state index in [2.05, 4.69) is 29.6 Å². The summed E-state index contributed by atoms with van der Waals surface area (Å²) in [6.07, 6.45) is 2.53. The summed E-state index contributed by atoms with van der Waals surface area (Å²) < 4.78 is 5.56. The van der Waals surface area contributed by atoms with E-state index in [0.29, 0.717) is 6.04 Å². The van der Waals surface area contributed by atoms with E-state index >= 15 is 0 Å². The van der Waals surface area contributed by atoms with Crippen LogP contribution in [0.2, 0.25) is 0 Å². The summed E-state index contributed by atoms with van der Waals surface area (Å²) in [4.78, 5) is 0. The van der Waals surface area contributed by atoms with Crippen molar-refractivity contribution in [2.45, 2.75) is 25.0 Å². The monoisotopic (exact) mass is 191 g/mol. The Morgan fingerprint density at radius 3 is 2.86 bits per heavy atom. The van der Waals surface area contributed by atoms with E-state index < -0.39 is 0 Å². The van der Waals surface area contributed by atoms with Crippen LogP contribution in [-0.4, -0.2) is 20.2 Å². The van der Waals surface area contributed by atoms with E-state index in [1.54, 1.807) is 7.11 Å². The summed E-state index contributed by atoms with van der Waals surface area (Å²) >= 11 is 0. The highest BCUT2D eigenvalue weighted by atomic mass is 16.5. The quantitative estimate of drug-likeness (QED) is 0.771. The second kappa shape index (κ2) is 4.11. The Labute approximate surface area is 85.3 Å². The Hall–Kier alpha value is -0.860. The summed E-state index contributed by atoms with van der Waals surface area (Å²) in [6, 6.07) is 9.02. The summed E-state index contributed by atoms with van der Waals surface area (Å²) in [5, 5.41) is 3.32. The van der Waals surface area contributed by atoms with Crippen LogP contribution in [0.5, 0.6) is 0 Å². The minimum atomic E-state index is 0.213. The van der Waals surface area contributed by atoms with Gasteiger partial charge in [0.15, 0.2) is 0 Å². The topological polar surface area (TPSA) is 21.3 Å². The Morgan fingerprint density at radius 1 is 1.36 bits per heavy atom. The number of aryl methyl sites for hydroxylation is 1. The molecule has 2 heteroatoms. The highest BCUT2D eigenvalue weighted by Gasteiger charge is 2.27. The van der Waals surface area contributed by atoms with Gasteiger partial charge in [-0.15, -0.1) is 0 Å². The van der Waals surface area contributed by atoms with Crippen LogP contribution in [0.25, 0.3) is 0 Å². The molecule has 0 saturated heterocycles. The first-order valence-corrected chi connectivity index (χ1v) is 5.14. The van der Waals surface area contributed by atoms with Gasteiger partial charge in [0.05, 0.1) is 6.10 Å². The normalized spacial score (nSPS) is 25.9. The van der Waals surface area contributed by atoms with Gasteiger partial charge in [-0.2, -0.15) is 0 Å². The average Bonchev–Trinajstić information content (AvgIpc) is 2.27. The highest BCUT2D eigenvalue weighted by Crippen LogP contribution is 2.31. The van der Waals surface area contributed by atoms with Gasteiger partial charge in [-0.25, -0.2) is 0 Å². The molecule has 0 radical (unpaired) electrons. The molecule has 0 bridgehead atoms. The van der Waals surface area contributed by atoms with Crippen molar-refractivity contribution in [3.8, 4) is 0 Å². The van der Waals surface area contributed by atoms with Crippen molar-refractivity contribution in [2.75, 3.05) is 14.2 Å². The summed E-state index contributed by atoms with van der Waals surface area (Å²) in [5.41, 5.74) is 2.78. The third kappa shape index (κ3) is 1.56. The number of ether oxygens (including phenoxy) is 1. The van der Waals surface area contributed by atoms with Gasteiger partial charge in [0.1, 0.15) is 0 Å². The van der Waals surface area contributed by atoms with E-state index in [1.165, 1.54) is 11.1 Å². The first kappa shape index (κ1) is 9.69. The van der Waals surface area contributed by atoms with Gasteiger partial charge in [-0.1, -0.05) is 24.3 Å². The van der Waals surface area contributed by atoms with Crippen molar-refractivity contribution in [2.24, 2.45) is 0 Å². The van der Waals surface area contributed by atoms with Crippen molar-refractivity contribution in [1.29, 1.82) is 0 Å². The number of hydrogen-bond donors (Lipinski definition) is 1. The SMILES string of the molecule is CNC1CCc2ccccc2C1OC. The molecular formula is C12H17NO. The molecule has 1 aromatic rings. The lowest BCUT2D eigenvalue weighted by Crippen LogP contribution is -2.36. The van der Waals surface area contributed by atoms with Crippen LogP contribution in [0, 0.1) is 0 Å². The van der Waals surface area contributed by atoms with Crippen LogP contribution in [0.4, 0.5) is 0 Å². The third-order valence-corrected chi connectivity index (χ3v) is 3.08. The average molecular weight is 191 g/mol. The number of benzene rings is 1. The minimum absolute atomic E-state index is 0.213. The Morgan fingerprint density at radius 2 is 2.14 bits per heavy atom. The number of hydrogen-bond acceptors (Lipinski definition) is 2. The van der Waals surface area contributed by atoms with E-state index in [9.17, 15) is 0 Å². The molecule has 1 aromatic carbocycles. The molecule has 14 heavy (non-hydrogen) atoms. The molecule has 0 aliphatic heterocycles. The molecule has 0 saturated carbocycles. The molecule has 1 N–H and O–H groups in total. The molecule has 2 rings (SSSR count). The van der Waals surface area contributed by atoms with Gasteiger partial charge < -0.3 is 10.1 Å². The van der Waals surface area contributed by atoms with Crippen molar-refractivity contribution in [3.63, 3.8) is 0 Å².